The van der Waals surface area contributed by atoms with E-state index in [9.17, 15) is 4.79 Å². The molecule has 158 valence electrons. The van der Waals surface area contributed by atoms with Gasteiger partial charge in [-0.25, -0.2) is 0 Å². The van der Waals surface area contributed by atoms with E-state index in [1.54, 1.807) is 6.07 Å². The quantitative estimate of drug-likeness (QED) is 0.375. The zero-order chi connectivity index (χ0) is 21.8. The smallest absolute Gasteiger partial charge is 0.234 e. The van der Waals surface area contributed by atoms with Crippen LogP contribution in [0.4, 0.5) is 5.69 Å². The summed E-state index contributed by atoms with van der Waals surface area (Å²) in [5.74, 6) is 1.35. The molecule has 1 aromatic heterocycles. The number of thioether (sulfide) groups is 1. The normalized spacial score (nSPS) is 12.0. The first kappa shape index (κ1) is 21.2. The van der Waals surface area contributed by atoms with Gasteiger partial charge in [0, 0.05) is 12.7 Å². The topological polar surface area (TPSA) is 69.0 Å². The van der Waals surface area contributed by atoms with Crippen molar-refractivity contribution in [2.45, 2.75) is 18.2 Å². The molecule has 0 aliphatic carbocycles. The molecule has 3 aromatic carbocycles. The van der Waals surface area contributed by atoms with Crippen LogP contribution in [-0.4, -0.2) is 26.4 Å². The number of hydrogen-bond acceptors (Lipinski definition) is 5. The maximum atomic E-state index is 12.4. The lowest BCUT2D eigenvalue weighted by atomic mass is 10.1. The summed E-state index contributed by atoms with van der Waals surface area (Å²) in [7, 11) is 1.85. The number of para-hydroxylation sites is 1. The van der Waals surface area contributed by atoms with Crippen LogP contribution in [0.1, 0.15) is 18.9 Å². The van der Waals surface area contributed by atoms with Crippen molar-refractivity contribution < 1.29 is 9.53 Å². The zero-order valence-electron chi connectivity index (χ0n) is 17.1. The molecule has 1 amide bonds. The van der Waals surface area contributed by atoms with E-state index < -0.39 is 0 Å². The van der Waals surface area contributed by atoms with Crippen LogP contribution in [-0.2, 0) is 11.8 Å². The fourth-order valence-electron chi connectivity index (χ4n) is 3.18. The van der Waals surface area contributed by atoms with Crippen molar-refractivity contribution in [3.8, 4) is 5.75 Å². The van der Waals surface area contributed by atoms with E-state index in [4.69, 9.17) is 16.3 Å². The van der Waals surface area contributed by atoms with E-state index in [2.05, 4.69) is 15.5 Å². The average Bonchev–Trinajstić information content (AvgIpc) is 3.14. The summed E-state index contributed by atoms with van der Waals surface area (Å²) in [6.45, 7) is 1.88. The molecule has 0 aliphatic heterocycles. The van der Waals surface area contributed by atoms with Gasteiger partial charge in [0.25, 0.3) is 0 Å². The minimum atomic E-state index is -0.349. The Kier molecular flexibility index (Phi) is 6.44. The van der Waals surface area contributed by atoms with Crippen LogP contribution in [0.2, 0.25) is 5.02 Å². The molecule has 0 spiro atoms. The number of anilines is 1. The lowest BCUT2D eigenvalue weighted by Gasteiger charge is -2.15. The number of fused-ring (bicyclic) bond motifs is 1. The van der Waals surface area contributed by atoms with Gasteiger partial charge in [0.2, 0.25) is 5.91 Å². The second-order valence-corrected chi connectivity index (χ2v) is 8.34. The third kappa shape index (κ3) is 5.00. The van der Waals surface area contributed by atoms with Crippen LogP contribution in [0.15, 0.2) is 71.9 Å². The van der Waals surface area contributed by atoms with E-state index in [-0.39, 0.29) is 17.8 Å². The molecule has 0 saturated carbocycles. The molecule has 6 nitrogen and oxygen atoms in total. The Morgan fingerprint density at radius 3 is 2.65 bits per heavy atom. The number of hydrogen-bond donors (Lipinski definition) is 1. The number of carbonyl (C=O) groups is 1. The highest BCUT2D eigenvalue weighted by atomic mass is 35.5. The van der Waals surface area contributed by atoms with Gasteiger partial charge in [-0.15, -0.1) is 10.2 Å². The molecule has 0 bridgehead atoms. The van der Waals surface area contributed by atoms with Gasteiger partial charge < -0.3 is 14.6 Å². The minimum absolute atomic E-state index is 0.106. The molecule has 0 fully saturated rings. The van der Waals surface area contributed by atoms with Crippen molar-refractivity contribution >= 4 is 45.7 Å². The fourth-order valence-corrected chi connectivity index (χ4v) is 4.08. The molecule has 31 heavy (non-hydrogen) atoms. The number of carbonyl (C=O) groups excluding carboxylic acids is 1. The van der Waals surface area contributed by atoms with E-state index in [1.165, 1.54) is 11.8 Å². The van der Waals surface area contributed by atoms with Crippen LogP contribution in [0.3, 0.4) is 0 Å². The van der Waals surface area contributed by atoms with E-state index in [0.717, 1.165) is 16.5 Å². The summed E-state index contributed by atoms with van der Waals surface area (Å²) in [6, 6.07) is 21.2. The van der Waals surface area contributed by atoms with Crippen molar-refractivity contribution in [2.24, 2.45) is 7.05 Å². The molecule has 8 heteroatoms. The lowest BCUT2D eigenvalue weighted by molar-refractivity contribution is -0.113. The third-order valence-electron chi connectivity index (χ3n) is 4.74. The Balaban J connectivity index is 1.36. The minimum Gasteiger partial charge on any atom is -0.481 e. The van der Waals surface area contributed by atoms with E-state index in [0.29, 0.717) is 21.8 Å². The van der Waals surface area contributed by atoms with Crippen LogP contribution < -0.4 is 10.1 Å². The van der Waals surface area contributed by atoms with Gasteiger partial charge in [-0.05, 0) is 42.0 Å². The number of aromatic nitrogens is 3. The van der Waals surface area contributed by atoms with Crippen LogP contribution >= 0.6 is 23.4 Å². The Morgan fingerprint density at radius 1 is 1.10 bits per heavy atom. The number of ether oxygens (including phenoxy) is 1. The standard InChI is InChI=1S/C23H21ClN4O2S/c1-15(30-20-10-6-5-9-19(20)24)22-26-27-23(28(22)2)31-14-21(29)25-18-12-11-16-7-3-4-8-17(16)13-18/h3-13,15H,14H2,1-2H3,(H,25,29)/t15-/m1/s1. The average molecular weight is 453 g/mol. The van der Waals surface area contributed by atoms with Crippen molar-refractivity contribution in [1.82, 2.24) is 14.8 Å². The van der Waals surface area contributed by atoms with Gasteiger partial charge in [-0.1, -0.05) is 65.8 Å². The van der Waals surface area contributed by atoms with Crippen molar-refractivity contribution in [2.75, 3.05) is 11.1 Å². The largest absolute Gasteiger partial charge is 0.481 e. The van der Waals surface area contributed by atoms with E-state index in [1.807, 2.05) is 79.2 Å². The maximum Gasteiger partial charge on any atom is 0.234 e. The van der Waals surface area contributed by atoms with Gasteiger partial charge in [-0.3, -0.25) is 4.79 Å². The Bertz CT molecular complexity index is 1230. The molecule has 0 unspecified atom stereocenters. The second-order valence-electron chi connectivity index (χ2n) is 6.99. The van der Waals surface area contributed by atoms with Crippen LogP contribution in [0.25, 0.3) is 10.8 Å². The number of benzene rings is 3. The Hall–Kier alpha value is -3.03. The number of amides is 1. The first-order valence-corrected chi connectivity index (χ1v) is 11.1. The van der Waals surface area contributed by atoms with E-state index >= 15 is 0 Å². The highest BCUT2D eigenvalue weighted by Crippen LogP contribution is 2.29. The van der Waals surface area contributed by atoms with Gasteiger partial charge in [0.15, 0.2) is 17.1 Å². The Morgan fingerprint density at radius 2 is 1.84 bits per heavy atom. The van der Waals surface area contributed by atoms with Crippen molar-refractivity contribution in [3.63, 3.8) is 0 Å². The molecule has 0 radical (unpaired) electrons. The molecule has 0 saturated heterocycles. The first-order chi connectivity index (χ1) is 15.0. The van der Waals surface area contributed by atoms with Crippen molar-refractivity contribution in [1.29, 1.82) is 0 Å². The molecule has 1 heterocycles. The van der Waals surface area contributed by atoms with Gasteiger partial charge >= 0.3 is 0 Å². The molecule has 4 rings (SSSR count). The summed E-state index contributed by atoms with van der Waals surface area (Å²) in [4.78, 5) is 12.4. The number of nitrogens with one attached hydrogen (secondary N) is 1. The number of rotatable bonds is 7. The number of halogens is 1. The van der Waals surface area contributed by atoms with Crippen molar-refractivity contribution in [3.05, 3.63) is 77.6 Å². The Labute approximate surface area is 189 Å². The fraction of sp³-hybridized carbons (Fsp3) is 0.174. The molecular weight excluding hydrogens is 432 g/mol. The summed E-state index contributed by atoms with van der Waals surface area (Å²) in [5, 5.41) is 14.8. The molecular formula is C23H21ClN4O2S. The maximum absolute atomic E-state index is 12.4. The molecule has 4 aromatic rings. The monoisotopic (exact) mass is 452 g/mol. The summed E-state index contributed by atoms with van der Waals surface area (Å²) < 4.78 is 7.75. The zero-order valence-corrected chi connectivity index (χ0v) is 18.7. The van der Waals surface area contributed by atoms with Gasteiger partial charge in [0.05, 0.1) is 10.8 Å². The van der Waals surface area contributed by atoms with Crippen LogP contribution in [0.5, 0.6) is 5.75 Å². The molecule has 0 aliphatic rings. The summed E-state index contributed by atoms with van der Waals surface area (Å²) >= 11 is 7.49. The predicted octanol–water partition coefficient (Wildman–Crippen LogP) is 5.49. The van der Waals surface area contributed by atoms with Gasteiger partial charge in [0.1, 0.15) is 5.75 Å². The molecule has 1 atom stereocenters. The SMILES string of the molecule is C[C@@H](Oc1ccccc1Cl)c1nnc(SCC(=O)Nc2ccc3ccccc3c2)n1C. The second kappa shape index (κ2) is 9.41. The highest BCUT2D eigenvalue weighted by Gasteiger charge is 2.19. The number of nitrogens with zero attached hydrogens (tertiary/aromatic N) is 3. The summed E-state index contributed by atoms with van der Waals surface area (Å²) in [6.07, 6.45) is -0.349. The van der Waals surface area contributed by atoms with Crippen LogP contribution in [0, 0.1) is 0 Å². The lowest BCUT2D eigenvalue weighted by Crippen LogP contribution is -2.15. The highest BCUT2D eigenvalue weighted by molar-refractivity contribution is 7.99. The summed E-state index contributed by atoms with van der Waals surface area (Å²) in [5.41, 5.74) is 0.768. The van der Waals surface area contributed by atoms with Gasteiger partial charge in [-0.2, -0.15) is 0 Å². The predicted molar refractivity (Wildman–Crippen MR) is 125 cm³/mol. The first-order valence-electron chi connectivity index (χ1n) is 9.73. The third-order valence-corrected chi connectivity index (χ3v) is 6.07. The molecule has 1 N–H and O–H groups in total.